The van der Waals surface area contributed by atoms with Crippen LogP contribution in [-0.2, 0) is 19.4 Å². The number of ether oxygens (including phenoxy) is 1. The van der Waals surface area contributed by atoms with Crippen molar-refractivity contribution in [2.75, 3.05) is 29.2 Å². The van der Waals surface area contributed by atoms with Gasteiger partial charge in [-0.25, -0.2) is 13.2 Å². The summed E-state index contributed by atoms with van der Waals surface area (Å²) >= 11 is 2.37. The lowest BCUT2D eigenvalue weighted by molar-refractivity contribution is -0.113. The first-order valence-electron chi connectivity index (χ1n) is 8.93. The zero-order valence-corrected chi connectivity index (χ0v) is 18.6. The van der Waals surface area contributed by atoms with E-state index in [2.05, 4.69) is 15.5 Å². The largest absolute Gasteiger partial charge is 0.462 e. The number of anilines is 1. The maximum atomic E-state index is 12.3. The van der Waals surface area contributed by atoms with E-state index in [9.17, 15) is 18.0 Å². The number of carbonyl (C=O) groups excluding carboxylic acids is 2. The van der Waals surface area contributed by atoms with Crippen LogP contribution in [0.25, 0.3) is 0 Å². The van der Waals surface area contributed by atoms with Gasteiger partial charge in [0.2, 0.25) is 11.8 Å². The third kappa shape index (κ3) is 5.17. The minimum atomic E-state index is -3.05. The van der Waals surface area contributed by atoms with Crippen molar-refractivity contribution in [3.05, 3.63) is 21.9 Å². The van der Waals surface area contributed by atoms with Crippen LogP contribution < -0.4 is 5.32 Å². The molecule has 2 aromatic heterocycles. The second-order valence-electron chi connectivity index (χ2n) is 6.55. The number of aromatic nitrogens is 2. The lowest BCUT2D eigenvalue weighted by Gasteiger charge is -2.06. The summed E-state index contributed by atoms with van der Waals surface area (Å²) in [6.45, 7) is 5.65. The van der Waals surface area contributed by atoms with Crippen LogP contribution in [0.1, 0.15) is 46.0 Å². The minimum absolute atomic E-state index is 0.00284. The molecular weight excluding hydrogens is 438 g/mol. The number of amides is 1. The Morgan fingerprint density at radius 3 is 2.76 bits per heavy atom. The van der Waals surface area contributed by atoms with Gasteiger partial charge in [-0.1, -0.05) is 11.8 Å². The summed E-state index contributed by atoms with van der Waals surface area (Å²) in [7, 11) is -3.05. The van der Waals surface area contributed by atoms with E-state index in [1.165, 1.54) is 11.3 Å². The van der Waals surface area contributed by atoms with Gasteiger partial charge in [-0.2, -0.15) is 0 Å². The Labute approximate surface area is 176 Å². The van der Waals surface area contributed by atoms with Crippen molar-refractivity contribution in [1.82, 2.24) is 10.2 Å². The summed E-state index contributed by atoms with van der Waals surface area (Å²) in [5.41, 5.74) is 1.15. The first kappa shape index (κ1) is 21.8. The topological polar surface area (TPSA) is 128 Å². The van der Waals surface area contributed by atoms with Gasteiger partial charge >= 0.3 is 5.97 Å². The molecule has 0 bridgehead atoms. The Morgan fingerprint density at radius 2 is 2.10 bits per heavy atom. The molecule has 1 N–H and O–H groups in total. The van der Waals surface area contributed by atoms with Gasteiger partial charge in [-0.15, -0.1) is 21.5 Å². The van der Waals surface area contributed by atoms with Crippen molar-refractivity contribution in [1.29, 1.82) is 0 Å². The van der Waals surface area contributed by atoms with Crippen molar-refractivity contribution >= 4 is 49.8 Å². The maximum Gasteiger partial charge on any atom is 0.341 e. The Morgan fingerprint density at radius 1 is 1.34 bits per heavy atom. The van der Waals surface area contributed by atoms with Gasteiger partial charge in [0.1, 0.15) is 5.00 Å². The molecule has 0 aliphatic carbocycles. The first-order chi connectivity index (χ1) is 13.7. The van der Waals surface area contributed by atoms with Crippen molar-refractivity contribution < 1.29 is 27.2 Å². The van der Waals surface area contributed by atoms with Gasteiger partial charge in [0, 0.05) is 4.88 Å². The quantitative estimate of drug-likeness (QED) is 0.490. The Kier molecular flexibility index (Phi) is 6.64. The predicted octanol–water partition coefficient (Wildman–Crippen LogP) is 2.56. The summed E-state index contributed by atoms with van der Waals surface area (Å²) in [5, 5.41) is 11.2. The van der Waals surface area contributed by atoms with Crippen molar-refractivity contribution in [3.63, 3.8) is 0 Å². The normalized spacial score (nSPS) is 18.0. The van der Waals surface area contributed by atoms with Crippen LogP contribution in [0.4, 0.5) is 5.00 Å². The molecule has 1 fully saturated rings. The highest BCUT2D eigenvalue weighted by Gasteiger charge is 2.33. The third-order valence-electron chi connectivity index (χ3n) is 4.45. The number of hydrogen-bond acceptors (Lipinski definition) is 10. The van der Waals surface area contributed by atoms with Crippen LogP contribution in [0.3, 0.4) is 0 Å². The van der Waals surface area contributed by atoms with Crippen LogP contribution in [0.2, 0.25) is 0 Å². The second kappa shape index (κ2) is 8.84. The highest BCUT2D eigenvalue weighted by molar-refractivity contribution is 7.99. The molecule has 0 unspecified atom stereocenters. The summed E-state index contributed by atoms with van der Waals surface area (Å²) in [6.07, 6.45) is 0.461. The monoisotopic (exact) mass is 459 g/mol. The lowest BCUT2D eigenvalue weighted by atomic mass is 10.1. The molecule has 2 aromatic rings. The molecule has 0 aromatic carbocycles. The second-order valence-corrected chi connectivity index (χ2v) is 10.9. The van der Waals surface area contributed by atoms with E-state index in [0.717, 1.165) is 22.2 Å². The van der Waals surface area contributed by atoms with Gasteiger partial charge in [0.05, 0.1) is 35.3 Å². The molecule has 12 heteroatoms. The molecule has 3 heterocycles. The van der Waals surface area contributed by atoms with Crippen LogP contribution >= 0.6 is 23.1 Å². The van der Waals surface area contributed by atoms with Gasteiger partial charge < -0.3 is 14.5 Å². The predicted molar refractivity (Wildman–Crippen MR) is 109 cm³/mol. The summed E-state index contributed by atoms with van der Waals surface area (Å²) in [4.78, 5) is 25.4. The third-order valence-corrected chi connectivity index (χ3v) is 8.16. The number of thiophene rings is 1. The number of hydrogen-bond donors (Lipinski definition) is 1. The molecule has 0 radical (unpaired) electrons. The molecule has 158 valence electrons. The van der Waals surface area contributed by atoms with E-state index in [0.29, 0.717) is 17.0 Å². The molecule has 1 atom stereocenters. The highest BCUT2D eigenvalue weighted by atomic mass is 32.2. The van der Waals surface area contributed by atoms with Gasteiger partial charge in [-0.3, -0.25) is 4.79 Å². The summed E-state index contributed by atoms with van der Waals surface area (Å²) < 4.78 is 33.7. The Balaban J connectivity index is 1.60. The number of thioether (sulfide) groups is 1. The number of carbonyl (C=O) groups is 2. The molecule has 0 saturated carbocycles. The Hall–Kier alpha value is -1.92. The van der Waals surface area contributed by atoms with E-state index in [4.69, 9.17) is 9.15 Å². The fraction of sp³-hybridized carbons (Fsp3) is 0.529. The summed E-state index contributed by atoms with van der Waals surface area (Å²) in [6, 6.07) is 0. The molecule has 9 nitrogen and oxygen atoms in total. The van der Waals surface area contributed by atoms with Crippen LogP contribution in [0.15, 0.2) is 9.64 Å². The smallest absolute Gasteiger partial charge is 0.341 e. The lowest BCUT2D eigenvalue weighted by Crippen LogP contribution is -2.16. The maximum absolute atomic E-state index is 12.3. The number of esters is 1. The van der Waals surface area contributed by atoms with Crippen molar-refractivity contribution in [2.45, 2.75) is 38.3 Å². The molecule has 29 heavy (non-hydrogen) atoms. The molecular formula is C17H21N3O6S3. The van der Waals surface area contributed by atoms with Gasteiger partial charge in [0.25, 0.3) is 5.22 Å². The number of rotatable bonds is 7. The molecule has 3 rings (SSSR count). The number of nitrogens with one attached hydrogen (secondary N) is 1. The number of aryl methyl sites for hydroxylation is 1. The average Bonchev–Trinajstić information content (AvgIpc) is 3.32. The van der Waals surface area contributed by atoms with Crippen molar-refractivity contribution in [3.8, 4) is 0 Å². The standard InChI is InChI=1S/C17H21N3O6S3/c1-4-25-16(22)13-9(2)10(3)28-15(13)18-12(21)7-27-17-20-19-14(26-17)11-5-6-29(23,24)8-11/h11H,4-8H2,1-3H3,(H,18,21)/t11-/m0/s1. The van der Waals surface area contributed by atoms with E-state index < -0.39 is 15.8 Å². The van der Waals surface area contributed by atoms with Crippen molar-refractivity contribution in [2.24, 2.45) is 0 Å². The minimum Gasteiger partial charge on any atom is -0.462 e. The average molecular weight is 460 g/mol. The first-order valence-corrected chi connectivity index (χ1v) is 12.6. The molecule has 1 amide bonds. The molecule has 0 spiro atoms. The Bertz CT molecular complexity index is 1030. The fourth-order valence-electron chi connectivity index (χ4n) is 2.89. The SMILES string of the molecule is CCOC(=O)c1c(NC(=O)CSc2nnc([C@H]3CCS(=O)(=O)C3)o2)sc(C)c1C. The van der Waals surface area contributed by atoms with Crippen LogP contribution in [0, 0.1) is 13.8 Å². The van der Waals surface area contributed by atoms with E-state index >= 15 is 0 Å². The van der Waals surface area contributed by atoms with E-state index in [1.54, 1.807) is 6.92 Å². The van der Waals surface area contributed by atoms with Crippen LogP contribution in [-0.4, -0.2) is 54.4 Å². The molecule has 1 saturated heterocycles. The van der Waals surface area contributed by atoms with Gasteiger partial charge in [0.15, 0.2) is 9.84 Å². The fourth-order valence-corrected chi connectivity index (χ4v) is 6.25. The summed E-state index contributed by atoms with van der Waals surface area (Å²) in [5.74, 6) is -0.678. The zero-order chi connectivity index (χ0) is 21.2. The van der Waals surface area contributed by atoms with Gasteiger partial charge in [-0.05, 0) is 32.8 Å². The van der Waals surface area contributed by atoms with E-state index in [1.807, 2.05) is 13.8 Å². The highest BCUT2D eigenvalue weighted by Crippen LogP contribution is 2.33. The molecule has 1 aliphatic rings. The van der Waals surface area contributed by atoms with Crippen LogP contribution in [0.5, 0.6) is 0 Å². The van der Waals surface area contributed by atoms with E-state index in [-0.39, 0.29) is 46.8 Å². The zero-order valence-electron chi connectivity index (χ0n) is 16.2. The number of nitrogens with zero attached hydrogens (tertiary/aromatic N) is 2. The molecule has 1 aliphatic heterocycles. The number of sulfone groups is 1.